The number of aryl methyl sites for hydroxylation is 1. The summed E-state index contributed by atoms with van der Waals surface area (Å²) in [6.45, 7) is 11.9. The number of piperidine rings is 1. The Morgan fingerprint density at radius 2 is 1.96 bits per heavy atom. The van der Waals surface area contributed by atoms with Crippen molar-refractivity contribution in [2.75, 3.05) is 25.5 Å². The van der Waals surface area contributed by atoms with E-state index in [1.807, 2.05) is 12.1 Å². The van der Waals surface area contributed by atoms with Gasteiger partial charge in [0.05, 0.1) is 12.8 Å². The molecule has 0 aliphatic carbocycles. The molecule has 0 spiro atoms. The van der Waals surface area contributed by atoms with Crippen molar-refractivity contribution in [1.29, 1.82) is 0 Å². The number of hydrogen-bond acceptors (Lipinski definition) is 4. The molecule has 1 N–H and O–H groups in total. The average molecular weight is 357 g/mol. The quantitative estimate of drug-likeness (QED) is 0.844. The predicted octanol–water partition coefficient (Wildman–Crippen LogP) is 4.17. The molecule has 2 aromatic rings. The van der Waals surface area contributed by atoms with Crippen LogP contribution in [0.2, 0.25) is 0 Å². The summed E-state index contributed by atoms with van der Waals surface area (Å²) in [7, 11) is 1.70. The highest BCUT2D eigenvalue weighted by Gasteiger charge is 2.22. The lowest BCUT2D eigenvalue weighted by molar-refractivity contribution is 0.208. The van der Waals surface area contributed by atoms with E-state index in [1.54, 1.807) is 7.11 Å². The summed E-state index contributed by atoms with van der Waals surface area (Å²) in [6, 6.07) is 9.11. The lowest BCUT2D eigenvalue weighted by Crippen LogP contribution is -2.41. The van der Waals surface area contributed by atoms with Crippen molar-refractivity contribution in [3.8, 4) is 5.75 Å². The molecule has 1 aliphatic heterocycles. The van der Waals surface area contributed by atoms with E-state index in [4.69, 9.17) is 9.84 Å². The van der Waals surface area contributed by atoms with Gasteiger partial charge in [-0.3, -0.25) is 9.58 Å². The molecule has 2 heterocycles. The number of aromatic nitrogens is 2. The number of nitrogens with zero attached hydrogens (tertiary/aromatic N) is 3. The van der Waals surface area contributed by atoms with Gasteiger partial charge in [-0.15, -0.1) is 0 Å². The number of nitrogens with one attached hydrogen (secondary N) is 1. The monoisotopic (exact) mass is 356 g/mol. The molecule has 1 aliphatic rings. The van der Waals surface area contributed by atoms with Gasteiger partial charge in [0.15, 0.2) is 0 Å². The van der Waals surface area contributed by atoms with Gasteiger partial charge in [-0.2, -0.15) is 5.10 Å². The first-order valence-corrected chi connectivity index (χ1v) is 9.65. The molecular formula is C21H32N4O. The summed E-state index contributed by atoms with van der Waals surface area (Å²) in [5, 5.41) is 8.42. The predicted molar refractivity (Wildman–Crippen MR) is 107 cm³/mol. The van der Waals surface area contributed by atoms with Gasteiger partial charge in [0.2, 0.25) is 0 Å². The number of ether oxygens (including phenoxy) is 1. The highest BCUT2D eigenvalue weighted by atomic mass is 16.5. The van der Waals surface area contributed by atoms with Crippen molar-refractivity contribution in [2.24, 2.45) is 0 Å². The van der Waals surface area contributed by atoms with E-state index >= 15 is 0 Å². The Morgan fingerprint density at radius 3 is 2.58 bits per heavy atom. The standard InChI is InChI=1S/C21H32N4O/c1-15(2)25-17(4)21(16(3)23-25)14-24-12-6-7-19(13-24)22-18-8-10-20(26-5)11-9-18/h8-11,15,19,22H,6-7,12-14H2,1-5H3. The Balaban J connectivity index is 1.63. The lowest BCUT2D eigenvalue weighted by Gasteiger charge is -2.33. The van der Waals surface area contributed by atoms with Crippen LogP contribution in [0.15, 0.2) is 24.3 Å². The highest BCUT2D eigenvalue weighted by Crippen LogP contribution is 2.23. The zero-order chi connectivity index (χ0) is 18.7. The first-order chi connectivity index (χ1) is 12.5. The van der Waals surface area contributed by atoms with Gasteiger partial charge >= 0.3 is 0 Å². The van der Waals surface area contributed by atoms with Crippen LogP contribution in [0, 0.1) is 13.8 Å². The van der Waals surface area contributed by atoms with Gasteiger partial charge in [-0.05, 0) is 71.3 Å². The first-order valence-electron chi connectivity index (χ1n) is 9.65. The van der Waals surface area contributed by atoms with Gasteiger partial charge in [0, 0.05) is 42.1 Å². The number of benzene rings is 1. The second kappa shape index (κ2) is 8.12. The Kier molecular flexibility index (Phi) is 5.87. The van der Waals surface area contributed by atoms with E-state index in [1.165, 1.54) is 29.8 Å². The van der Waals surface area contributed by atoms with Crippen LogP contribution in [0.25, 0.3) is 0 Å². The van der Waals surface area contributed by atoms with Crippen molar-refractivity contribution in [3.05, 3.63) is 41.2 Å². The summed E-state index contributed by atoms with van der Waals surface area (Å²) < 4.78 is 7.39. The molecular weight excluding hydrogens is 324 g/mol. The zero-order valence-electron chi connectivity index (χ0n) is 16.7. The van der Waals surface area contributed by atoms with Crippen molar-refractivity contribution < 1.29 is 4.74 Å². The van der Waals surface area contributed by atoms with Crippen LogP contribution in [0.3, 0.4) is 0 Å². The fraction of sp³-hybridized carbons (Fsp3) is 0.571. The summed E-state index contributed by atoms with van der Waals surface area (Å²) in [4.78, 5) is 2.56. The molecule has 1 aromatic heterocycles. The third kappa shape index (κ3) is 4.21. The van der Waals surface area contributed by atoms with Crippen LogP contribution >= 0.6 is 0 Å². The maximum Gasteiger partial charge on any atom is 0.119 e. The van der Waals surface area contributed by atoms with Gasteiger partial charge < -0.3 is 10.1 Å². The van der Waals surface area contributed by atoms with E-state index < -0.39 is 0 Å². The van der Waals surface area contributed by atoms with Crippen LogP contribution in [-0.4, -0.2) is 40.9 Å². The minimum absolute atomic E-state index is 0.410. The van der Waals surface area contributed by atoms with E-state index in [0.29, 0.717) is 12.1 Å². The average Bonchev–Trinajstić information content (AvgIpc) is 2.91. The third-order valence-corrected chi connectivity index (χ3v) is 5.31. The van der Waals surface area contributed by atoms with Crippen molar-refractivity contribution in [1.82, 2.24) is 14.7 Å². The largest absolute Gasteiger partial charge is 0.497 e. The van der Waals surface area contributed by atoms with Crippen LogP contribution in [0.4, 0.5) is 5.69 Å². The second-order valence-electron chi connectivity index (χ2n) is 7.63. The van der Waals surface area contributed by atoms with Crippen LogP contribution in [0.1, 0.15) is 49.7 Å². The molecule has 1 unspecified atom stereocenters. The summed E-state index contributed by atoms with van der Waals surface area (Å²) in [5.41, 5.74) is 5.03. The molecule has 1 atom stereocenters. The minimum Gasteiger partial charge on any atom is -0.497 e. The van der Waals surface area contributed by atoms with Gasteiger partial charge in [-0.1, -0.05) is 0 Å². The Bertz CT molecular complexity index is 720. The maximum atomic E-state index is 5.24. The van der Waals surface area contributed by atoms with Gasteiger partial charge in [0.25, 0.3) is 0 Å². The number of likely N-dealkylation sites (tertiary alicyclic amines) is 1. The molecule has 0 bridgehead atoms. The van der Waals surface area contributed by atoms with E-state index in [2.05, 4.69) is 54.7 Å². The van der Waals surface area contributed by atoms with Crippen LogP contribution in [0.5, 0.6) is 5.75 Å². The molecule has 5 heteroatoms. The Hall–Kier alpha value is -2.01. The van der Waals surface area contributed by atoms with Gasteiger partial charge in [0.1, 0.15) is 5.75 Å². The van der Waals surface area contributed by atoms with Gasteiger partial charge in [-0.25, -0.2) is 0 Å². The van der Waals surface area contributed by atoms with Crippen molar-refractivity contribution in [3.63, 3.8) is 0 Å². The maximum absolute atomic E-state index is 5.24. The minimum atomic E-state index is 0.410. The molecule has 5 nitrogen and oxygen atoms in total. The summed E-state index contributed by atoms with van der Waals surface area (Å²) in [5.74, 6) is 0.897. The molecule has 0 radical (unpaired) electrons. The fourth-order valence-corrected chi connectivity index (χ4v) is 3.89. The molecule has 3 rings (SSSR count). The van der Waals surface area contributed by atoms with Crippen molar-refractivity contribution in [2.45, 2.75) is 59.2 Å². The smallest absolute Gasteiger partial charge is 0.119 e. The topological polar surface area (TPSA) is 42.3 Å². The van der Waals surface area contributed by atoms with Crippen LogP contribution in [-0.2, 0) is 6.54 Å². The molecule has 1 aromatic carbocycles. The van der Waals surface area contributed by atoms with Crippen molar-refractivity contribution >= 4 is 5.69 Å². The Labute approximate surface area is 157 Å². The molecule has 1 fully saturated rings. The molecule has 1 saturated heterocycles. The number of rotatable bonds is 6. The fourth-order valence-electron chi connectivity index (χ4n) is 3.89. The Morgan fingerprint density at radius 1 is 1.23 bits per heavy atom. The number of methoxy groups -OCH3 is 1. The van der Waals surface area contributed by atoms with E-state index in [-0.39, 0.29) is 0 Å². The van der Waals surface area contributed by atoms with Crippen LogP contribution < -0.4 is 10.1 Å². The molecule has 0 saturated carbocycles. The lowest BCUT2D eigenvalue weighted by atomic mass is 10.0. The third-order valence-electron chi connectivity index (χ3n) is 5.31. The molecule has 26 heavy (non-hydrogen) atoms. The highest BCUT2D eigenvalue weighted by molar-refractivity contribution is 5.47. The van der Waals surface area contributed by atoms with E-state index in [0.717, 1.165) is 31.1 Å². The summed E-state index contributed by atoms with van der Waals surface area (Å²) >= 11 is 0. The number of hydrogen-bond donors (Lipinski definition) is 1. The van der Waals surface area contributed by atoms with E-state index in [9.17, 15) is 0 Å². The summed E-state index contributed by atoms with van der Waals surface area (Å²) in [6.07, 6.45) is 2.44. The number of anilines is 1. The SMILES string of the molecule is COc1ccc(NC2CCCN(Cc3c(C)nn(C(C)C)c3C)C2)cc1. The molecule has 142 valence electrons. The first kappa shape index (κ1) is 18.8. The molecule has 0 amide bonds. The normalized spacial score (nSPS) is 18.3. The zero-order valence-corrected chi connectivity index (χ0v) is 16.7. The second-order valence-corrected chi connectivity index (χ2v) is 7.63.